The maximum absolute atomic E-state index is 12.2. The van der Waals surface area contributed by atoms with Crippen LogP contribution < -0.4 is 5.48 Å². The molecule has 1 aliphatic heterocycles. The molecule has 1 aliphatic rings. The molecule has 1 aromatic rings. The summed E-state index contributed by atoms with van der Waals surface area (Å²) in [6.45, 7) is 0.965. The minimum atomic E-state index is -0.613. The van der Waals surface area contributed by atoms with Gasteiger partial charge >= 0.3 is 0 Å². The molecule has 110 valence electrons. The van der Waals surface area contributed by atoms with Gasteiger partial charge in [0.25, 0.3) is 0 Å². The highest BCUT2D eigenvalue weighted by Crippen LogP contribution is 2.19. The second-order valence-corrected chi connectivity index (χ2v) is 4.71. The summed E-state index contributed by atoms with van der Waals surface area (Å²) >= 11 is 0. The highest BCUT2D eigenvalue weighted by Gasteiger charge is 2.23. The Morgan fingerprint density at radius 2 is 2.05 bits per heavy atom. The molecule has 7 nitrogen and oxygen atoms in total. The number of nitrogens with one attached hydrogen (secondary N) is 1. The Labute approximate surface area is 121 Å². The van der Waals surface area contributed by atoms with Crippen molar-refractivity contribution in [3.05, 3.63) is 46.4 Å². The molecule has 1 heterocycles. The third-order valence-electron chi connectivity index (χ3n) is 3.24. The molecule has 0 aliphatic carbocycles. The number of hydrogen-bond acceptors (Lipinski definition) is 5. The molecule has 0 atom stereocenters. The van der Waals surface area contributed by atoms with Crippen molar-refractivity contribution in [1.82, 2.24) is 10.4 Å². The quantitative estimate of drug-likeness (QED) is 0.489. The highest BCUT2D eigenvalue weighted by molar-refractivity contribution is 5.99. The standard InChI is InChI=1S/C14H15N3O4/c18-13(16-21)8-11-2-1-7-17(14(11)19)9-10-3-5-12(15-20)6-4-10/h2-6,21H,1,7-9H2,(H,16,18). The maximum atomic E-state index is 12.2. The van der Waals surface area contributed by atoms with Crippen LogP contribution in [-0.2, 0) is 16.1 Å². The molecule has 0 unspecified atom stereocenters. The van der Waals surface area contributed by atoms with Crippen molar-refractivity contribution < 1.29 is 14.8 Å². The van der Waals surface area contributed by atoms with E-state index in [1.165, 1.54) is 5.48 Å². The number of nitrogens with zero attached hydrogens (tertiary/aromatic N) is 2. The molecule has 21 heavy (non-hydrogen) atoms. The first-order chi connectivity index (χ1) is 10.1. The third-order valence-corrected chi connectivity index (χ3v) is 3.24. The number of carbonyl (C=O) groups is 2. The summed E-state index contributed by atoms with van der Waals surface area (Å²) in [5, 5.41) is 11.3. The molecular formula is C14H15N3O4. The van der Waals surface area contributed by atoms with Gasteiger partial charge in [-0.3, -0.25) is 14.8 Å². The topological polar surface area (TPSA) is 99.1 Å². The molecule has 0 fully saturated rings. The van der Waals surface area contributed by atoms with E-state index < -0.39 is 5.91 Å². The lowest BCUT2D eigenvalue weighted by atomic mass is 10.0. The van der Waals surface area contributed by atoms with Crippen molar-refractivity contribution in [3.63, 3.8) is 0 Å². The first-order valence-corrected chi connectivity index (χ1v) is 6.47. The number of hydrogen-bond donors (Lipinski definition) is 2. The monoisotopic (exact) mass is 289 g/mol. The van der Waals surface area contributed by atoms with Gasteiger partial charge in [-0.25, -0.2) is 5.48 Å². The lowest BCUT2D eigenvalue weighted by molar-refractivity contribution is -0.132. The number of rotatable bonds is 5. The fourth-order valence-electron chi connectivity index (χ4n) is 2.18. The van der Waals surface area contributed by atoms with Crippen molar-refractivity contribution in [1.29, 1.82) is 0 Å². The summed E-state index contributed by atoms with van der Waals surface area (Å²) in [6, 6.07) is 6.66. The Bertz CT molecular complexity index is 580. The highest BCUT2D eigenvalue weighted by atomic mass is 16.5. The summed E-state index contributed by atoms with van der Waals surface area (Å²) in [4.78, 5) is 35.4. The molecule has 2 amide bonds. The van der Waals surface area contributed by atoms with Gasteiger partial charge in [0.2, 0.25) is 11.8 Å². The van der Waals surface area contributed by atoms with Crippen molar-refractivity contribution in [2.24, 2.45) is 5.18 Å². The molecular weight excluding hydrogens is 274 g/mol. The molecule has 2 N–H and O–H groups in total. The lowest BCUT2D eigenvalue weighted by Crippen LogP contribution is -2.36. The van der Waals surface area contributed by atoms with Crippen LogP contribution in [0.3, 0.4) is 0 Å². The Balaban J connectivity index is 2.03. The molecule has 0 radical (unpaired) electrons. The summed E-state index contributed by atoms with van der Waals surface area (Å²) < 4.78 is 0. The lowest BCUT2D eigenvalue weighted by Gasteiger charge is -2.27. The second kappa shape index (κ2) is 6.76. The van der Waals surface area contributed by atoms with E-state index in [0.29, 0.717) is 30.8 Å². The van der Waals surface area contributed by atoms with Crippen molar-refractivity contribution in [2.45, 2.75) is 19.4 Å². The second-order valence-electron chi connectivity index (χ2n) is 4.71. The van der Waals surface area contributed by atoms with Gasteiger partial charge in [0.05, 0.1) is 6.42 Å². The minimum absolute atomic E-state index is 0.139. The van der Waals surface area contributed by atoms with Gasteiger partial charge in [0.15, 0.2) is 0 Å². The average molecular weight is 289 g/mol. The molecule has 7 heteroatoms. The molecule has 2 rings (SSSR count). The Morgan fingerprint density at radius 1 is 1.33 bits per heavy atom. The van der Waals surface area contributed by atoms with Crippen LogP contribution in [0.1, 0.15) is 18.4 Å². The van der Waals surface area contributed by atoms with Crippen LogP contribution in [0.4, 0.5) is 5.69 Å². The van der Waals surface area contributed by atoms with E-state index in [-0.39, 0.29) is 12.3 Å². The zero-order chi connectivity index (χ0) is 15.2. The Kier molecular flexibility index (Phi) is 4.78. The number of benzene rings is 1. The van der Waals surface area contributed by atoms with E-state index in [1.54, 1.807) is 35.2 Å². The molecule has 0 spiro atoms. The minimum Gasteiger partial charge on any atom is -0.334 e. The number of nitroso groups, excluding NO2 is 1. The molecule has 1 aromatic carbocycles. The summed E-state index contributed by atoms with van der Waals surface area (Å²) in [6.07, 6.45) is 2.24. The smallest absolute Gasteiger partial charge is 0.250 e. The van der Waals surface area contributed by atoms with Crippen LogP contribution >= 0.6 is 0 Å². The van der Waals surface area contributed by atoms with Gasteiger partial charge in [-0.1, -0.05) is 18.2 Å². The number of hydroxylamine groups is 1. The maximum Gasteiger partial charge on any atom is 0.250 e. The van der Waals surface area contributed by atoms with Crippen LogP contribution in [0.5, 0.6) is 0 Å². The first-order valence-electron chi connectivity index (χ1n) is 6.47. The number of amides is 2. The predicted octanol–water partition coefficient (Wildman–Crippen LogP) is 1.64. The van der Waals surface area contributed by atoms with E-state index in [2.05, 4.69) is 5.18 Å². The summed E-state index contributed by atoms with van der Waals surface area (Å²) in [5.74, 6) is -0.833. The fraction of sp³-hybridized carbons (Fsp3) is 0.286. The first kappa shape index (κ1) is 14.9. The van der Waals surface area contributed by atoms with Gasteiger partial charge in [-0.15, -0.1) is 4.91 Å². The normalized spacial score (nSPS) is 14.6. The van der Waals surface area contributed by atoms with Crippen LogP contribution in [0.25, 0.3) is 0 Å². The van der Waals surface area contributed by atoms with E-state index >= 15 is 0 Å². The van der Waals surface area contributed by atoms with Gasteiger partial charge in [-0.2, -0.15) is 0 Å². The van der Waals surface area contributed by atoms with E-state index in [0.717, 1.165) is 5.56 Å². The van der Waals surface area contributed by atoms with Crippen LogP contribution in [0.15, 0.2) is 41.1 Å². The van der Waals surface area contributed by atoms with Crippen molar-refractivity contribution in [2.75, 3.05) is 6.54 Å². The van der Waals surface area contributed by atoms with E-state index in [1.807, 2.05) is 0 Å². The largest absolute Gasteiger partial charge is 0.334 e. The summed E-state index contributed by atoms with van der Waals surface area (Å²) in [7, 11) is 0. The van der Waals surface area contributed by atoms with Crippen molar-refractivity contribution in [3.8, 4) is 0 Å². The van der Waals surface area contributed by atoms with Gasteiger partial charge in [-0.05, 0) is 29.3 Å². The molecule has 0 aromatic heterocycles. The molecule has 0 bridgehead atoms. The van der Waals surface area contributed by atoms with Gasteiger partial charge < -0.3 is 4.90 Å². The van der Waals surface area contributed by atoms with Crippen LogP contribution in [0, 0.1) is 4.91 Å². The zero-order valence-corrected chi connectivity index (χ0v) is 11.3. The van der Waals surface area contributed by atoms with Gasteiger partial charge in [0, 0.05) is 18.7 Å². The SMILES string of the molecule is O=Nc1ccc(CN2CCC=C(CC(=O)NO)C2=O)cc1. The zero-order valence-electron chi connectivity index (χ0n) is 11.3. The van der Waals surface area contributed by atoms with Gasteiger partial charge in [0.1, 0.15) is 5.69 Å². The predicted molar refractivity (Wildman–Crippen MR) is 74.6 cm³/mol. The summed E-state index contributed by atoms with van der Waals surface area (Å²) in [5.41, 5.74) is 3.11. The Hall–Kier alpha value is -2.54. The van der Waals surface area contributed by atoms with Crippen LogP contribution in [-0.4, -0.2) is 28.5 Å². The fourth-order valence-corrected chi connectivity index (χ4v) is 2.18. The van der Waals surface area contributed by atoms with Crippen molar-refractivity contribution >= 4 is 17.5 Å². The molecule has 0 saturated carbocycles. The van der Waals surface area contributed by atoms with Crippen LogP contribution in [0.2, 0.25) is 0 Å². The molecule has 0 saturated heterocycles. The average Bonchev–Trinajstić information content (AvgIpc) is 2.52. The van der Waals surface area contributed by atoms with E-state index in [9.17, 15) is 14.5 Å². The van der Waals surface area contributed by atoms with E-state index in [4.69, 9.17) is 5.21 Å². The number of carbonyl (C=O) groups excluding carboxylic acids is 2. The Morgan fingerprint density at radius 3 is 2.67 bits per heavy atom. The third kappa shape index (κ3) is 3.73.